The first-order chi connectivity index (χ1) is 9.52. The third kappa shape index (κ3) is 2.54. The maximum atomic E-state index is 12.3. The largest absolute Gasteiger partial charge is 0.504 e. The Bertz CT molecular complexity index is 705. The van der Waals surface area contributed by atoms with Crippen molar-refractivity contribution in [2.45, 2.75) is 0 Å². The molecule has 0 heterocycles. The lowest BCUT2D eigenvalue weighted by Crippen LogP contribution is -2.26. The number of rotatable bonds is 2. The van der Waals surface area contributed by atoms with Gasteiger partial charge in [-0.05, 0) is 36.4 Å². The molecule has 20 heavy (non-hydrogen) atoms. The molecule has 2 aromatic rings. The smallest absolute Gasteiger partial charge is 0.258 e. The summed E-state index contributed by atoms with van der Waals surface area (Å²) in [6.07, 6.45) is 0. The molecule has 2 N–H and O–H groups in total. The standard InChI is InChI=1S/C15H12N2O3/c1-17(12-4-2-3-10(7-12)9-16)15(20)11-5-6-13(18)14(19)8-11/h2-8,18-19H,1H3. The van der Waals surface area contributed by atoms with Crippen molar-refractivity contribution in [3.63, 3.8) is 0 Å². The Kier molecular flexibility index (Phi) is 3.58. The molecule has 0 atom stereocenters. The number of carbonyl (C=O) groups excluding carboxylic acids is 1. The van der Waals surface area contributed by atoms with Crippen molar-refractivity contribution < 1.29 is 15.0 Å². The summed E-state index contributed by atoms with van der Waals surface area (Å²) in [7, 11) is 1.57. The number of nitrogens with zero attached hydrogens (tertiary/aromatic N) is 2. The molecule has 0 saturated carbocycles. The lowest BCUT2D eigenvalue weighted by atomic mass is 10.1. The molecule has 0 radical (unpaired) electrons. The molecule has 0 aromatic heterocycles. The average molecular weight is 268 g/mol. The zero-order valence-corrected chi connectivity index (χ0v) is 10.7. The van der Waals surface area contributed by atoms with Gasteiger partial charge in [-0.3, -0.25) is 4.79 Å². The highest BCUT2D eigenvalue weighted by molar-refractivity contribution is 6.06. The Morgan fingerprint density at radius 1 is 1.15 bits per heavy atom. The van der Waals surface area contributed by atoms with Crippen molar-refractivity contribution in [2.75, 3.05) is 11.9 Å². The number of hydrogen-bond acceptors (Lipinski definition) is 4. The highest BCUT2D eigenvalue weighted by Gasteiger charge is 2.15. The molecule has 0 bridgehead atoms. The van der Waals surface area contributed by atoms with Crippen molar-refractivity contribution in [2.24, 2.45) is 0 Å². The van der Waals surface area contributed by atoms with Gasteiger partial charge in [-0.1, -0.05) is 6.07 Å². The van der Waals surface area contributed by atoms with E-state index >= 15 is 0 Å². The van der Waals surface area contributed by atoms with E-state index in [4.69, 9.17) is 5.26 Å². The fourth-order valence-electron chi connectivity index (χ4n) is 1.75. The lowest BCUT2D eigenvalue weighted by Gasteiger charge is -2.17. The van der Waals surface area contributed by atoms with Crippen molar-refractivity contribution in [1.82, 2.24) is 0 Å². The second kappa shape index (κ2) is 5.33. The SMILES string of the molecule is CN(C(=O)c1ccc(O)c(O)c1)c1cccc(C#N)c1. The molecular formula is C15H12N2O3. The predicted octanol–water partition coefficient (Wildman–Crippen LogP) is 2.25. The number of phenolic OH excluding ortho intramolecular Hbond substituents is 2. The number of aromatic hydroxyl groups is 2. The van der Waals surface area contributed by atoms with E-state index in [0.29, 0.717) is 11.3 Å². The minimum absolute atomic E-state index is 0.241. The number of anilines is 1. The first-order valence-corrected chi connectivity index (χ1v) is 5.83. The number of nitriles is 1. The summed E-state index contributed by atoms with van der Waals surface area (Å²) in [6.45, 7) is 0. The first-order valence-electron chi connectivity index (χ1n) is 5.83. The quantitative estimate of drug-likeness (QED) is 0.818. The van der Waals surface area contributed by atoms with Crippen LogP contribution in [0.5, 0.6) is 11.5 Å². The Morgan fingerprint density at radius 3 is 2.55 bits per heavy atom. The van der Waals surface area contributed by atoms with Crippen LogP contribution in [0.4, 0.5) is 5.69 Å². The first kappa shape index (κ1) is 13.4. The predicted molar refractivity (Wildman–Crippen MR) is 73.7 cm³/mol. The van der Waals surface area contributed by atoms with Crippen molar-refractivity contribution in [3.05, 3.63) is 53.6 Å². The van der Waals surface area contributed by atoms with E-state index in [1.54, 1.807) is 31.3 Å². The molecule has 5 nitrogen and oxygen atoms in total. The van der Waals surface area contributed by atoms with Crippen LogP contribution in [0.1, 0.15) is 15.9 Å². The van der Waals surface area contributed by atoms with Gasteiger partial charge in [-0.2, -0.15) is 5.26 Å². The van der Waals surface area contributed by atoms with Crippen molar-refractivity contribution in [3.8, 4) is 17.6 Å². The third-order valence-electron chi connectivity index (χ3n) is 2.89. The summed E-state index contributed by atoms with van der Waals surface area (Å²) in [5.41, 5.74) is 1.27. The molecule has 2 aromatic carbocycles. The van der Waals surface area contributed by atoms with E-state index in [-0.39, 0.29) is 23.0 Å². The van der Waals surface area contributed by atoms with Crippen LogP contribution in [0, 0.1) is 11.3 Å². The van der Waals surface area contributed by atoms with Gasteiger partial charge in [0.1, 0.15) is 0 Å². The van der Waals surface area contributed by atoms with Gasteiger partial charge in [0.2, 0.25) is 0 Å². The Hall–Kier alpha value is -3.00. The van der Waals surface area contributed by atoms with Crippen LogP contribution in [-0.4, -0.2) is 23.2 Å². The maximum absolute atomic E-state index is 12.3. The zero-order valence-electron chi connectivity index (χ0n) is 10.7. The summed E-state index contributed by atoms with van der Waals surface area (Å²) in [6, 6.07) is 12.5. The number of benzene rings is 2. The minimum Gasteiger partial charge on any atom is -0.504 e. The van der Waals surface area contributed by atoms with Gasteiger partial charge in [0.15, 0.2) is 11.5 Å². The molecule has 0 saturated heterocycles. The van der Waals surface area contributed by atoms with Gasteiger partial charge in [-0.15, -0.1) is 0 Å². The van der Waals surface area contributed by atoms with Crippen molar-refractivity contribution >= 4 is 11.6 Å². The molecule has 5 heteroatoms. The molecule has 0 unspecified atom stereocenters. The number of hydrogen-bond donors (Lipinski definition) is 2. The fraction of sp³-hybridized carbons (Fsp3) is 0.0667. The van der Waals surface area contributed by atoms with E-state index in [1.807, 2.05) is 6.07 Å². The highest BCUT2D eigenvalue weighted by Crippen LogP contribution is 2.26. The van der Waals surface area contributed by atoms with Gasteiger partial charge < -0.3 is 15.1 Å². The van der Waals surface area contributed by atoms with E-state index in [9.17, 15) is 15.0 Å². The summed E-state index contributed by atoms with van der Waals surface area (Å²) >= 11 is 0. The van der Waals surface area contributed by atoms with E-state index in [2.05, 4.69) is 0 Å². The second-order valence-corrected chi connectivity index (χ2v) is 4.23. The number of carbonyl (C=O) groups is 1. The summed E-state index contributed by atoms with van der Waals surface area (Å²) in [5.74, 6) is -0.985. The molecule has 0 aliphatic heterocycles. The topological polar surface area (TPSA) is 84.6 Å². The van der Waals surface area contributed by atoms with Gasteiger partial charge in [0, 0.05) is 18.3 Å². The maximum Gasteiger partial charge on any atom is 0.258 e. The molecule has 2 rings (SSSR count). The van der Waals surface area contributed by atoms with Crippen LogP contribution >= 0.6 is 0 Å². The number of phenols is 2. The van der Waals surface area contributed by atoms with Crippen LogP contribution in [0.3, 0.4) is 0 Å². The number of amides is 1. The molecule has 1 amide bonds. The Labute approximate surface area is 115 Å². The van der Waals surface area contributed by atoms with Crippen LogP contribution in [-0.2, 0) is 0 Å². The average Bonchev–Trinajstić information content (AvgIpc) is 2.48. The summed E-state index contributed by atoms with van der Waals surface area (Å²) in [5, 5.41) is 27.5. The molecule has 100 valence electrons. The third-order valence-corrected chi connectivity index (χ3v) is 2.89. The van der Waals surface area contributed by atoms with Gasteiger partial charge >= 0.3 is 0 Å². The van der Waals surface area contributed by atoms with Crippen LogP contribution in [0.2, 0.25) is 0 Å². The van der Waals surface area contributed by atoms with E-state index in [1.165, 1.54) is 23.1 Å². The summed E-state index contributed by atoms with van der Waals surface area (Å²) < 4.78 is 0. The van der Waals surface area contributed by atoms with Crippen LogP contribution in [0.25, 0.3) is 0 Å². The highest BCUT2D eigenvalue weighted by atomic mass is 16.3. The molecular weight excluding hydrogens is 256 g/mol. The zero-order chi connectivity index (χ0) is 14.7. The second-order valence-electron chi connectivity index (χ2n) is 4.23. The Balaban J connectivity index is 2.32. The van der Waals surface area contributed by atoms with Gasteiger partial charge in [0.25, 0.3) is 5.91 Å². The summed E-state index contributed by atoms with van der Waals surface area (Å²) in [4.78, 5) is 13.6. The lowest BCUT2D eigenvalue weighted by molar-refractivity contribution is 0.0992. The van der Waals surface area contributed by atoms with Gasteiger partial charge in [-0.25, -0.2) is 0 Å². The van der Waals surface area contributed by atoms with Crippen LogP contribution < -0.4 is 4.90 Å². The molecule has 0 spiro atoms. The monoisotopic (exact) mass is 268 g/mol. The fourth-order valence-corrected chi connectivity index (χ4v) is 1.75. The Morgan fingerprint density at radius 2 is 1.90 bits per heavy atom. The van der Waals surface area contributed by atoms with E-state index in [0.717, 1.165) is 0 Å². The molecule has 0 fully saturated rings. The van der Waals surface area contributed by atoms with E-state index < -0.39 is 0 Å². The van der Waals surface area contributed by atoms with Crippen LogP contribution in [0.15, 0.2) is 42.5 Å². The molecule has 0 aliphatic carbocycles. The van der Waals surface area contributed by atoms with Gasteiger partial charge in [0.05, 0.1) is 11.6 Å². The minimum atomic E-state index is -0.352. The normalized spacial score (nSPS) is 9.80. The molecule has 0 aliphatic rings. The van der Waals surface area contributed by atoms with Crippen molar-refractivity contribution in [1.29, 1.82) is 5.26 Å².